The third-order valence-corrected chi connectivity index (χ3v) is 6.40. The third-order valence-electron chi connectivity index (χ3n) is 5.48. The summed E-state index contributed by atoms with van der Waals surface area (Å²) >= 11 is 6.82. The Kier molecular flexibility index (Phi) is 2.54. The molecule has 3 aliphatic rings. The molecule has 0 amide bonds. The van der Waals surface area contributed by atoms with E-state index in [1.165, 1.54) is 70.6 Å². The molecule has 0 bridgehead atoms. The highest BCUT2D eigenvalue weighted by atomic mass is 35.5. The number of halogens is 1. The van der Waals surface area contributed by atoms with E-state index in [1.54, 1.807) is 0 Å². The molecule has 0 aliphatic heterocycles. The maximum atomic E-state index is 6.82. The molecule has 3 fully saturated rings. The van der Waals surface area contributed by atoms with Crippen LogP contribution in [0.5, 0.6) is 0 Å². The fourth-order valence-corrected chi connectivity index (χ4v) is 5.36. The van der Waals surface area contributed by atoms with E-state index in [-0.39, 0.29) is 0 Å². The van der Waals surface area contributed by atoms with Gasteiger partial charge in [-0.25, -0.2) is 0 Å². The van der Waals surface area contributed by atoms with E-state index in [0.717, 1.165) is 0 Å². The second kappa shape index (κ2) is 3.65. The monoisotopic (exact) mass is 226 g/mol. The van der Waals surface area contributed by atoms with Gasteiger partial charge >= 0.3 is 0 Å². The van der Waals surface area contributed by atoms with E-state index in [0.29, 0.717) is 16.2 Å². The van der Waals surface area contributed by atoms with Crippen LogP contribution in [0.25, 0.3) is 0 Å². The van der Waals surface area contributed by atoms with E-state index >= 15 is 0 Å². The minimum absolute atomic E-state index is 0.533. The SMILES string of the molecule is ClC1C2(CCCCC2)CC12CCCCC2. The first-order valence-corrected chi connectivity index (χ1v) is 7.35. The summed E-state index contributed by atoms with van der Waals surface area (Å²) in [4.78, 5) is 0. The number of hydrogen-bond acceptors (Lipinski definition) is 0. The van der Waals surface area contributed by atoms with Crippen molar-refractivity contribution in [1.82, 2.24) is 0 Å². The summed E-state index contributed by atoms with van der Waals surface area (Å²) in [5.74, 6) is 0. The van der Waals surface area contributed by atoms with Crippen LogP contribution in [0.2, 0.25) is 0 Å². The molecule has 3 aliphatic carbocycles. The van der Waals surface area contributed by atoms with Crippen LogP contribution in [0.4, 0.5) is 0 Å². The maximum absolute atomic E-state index is 6.82. The summed E-state index contributed by atoms with van der Waals surface area (Å²) in [6.45, 7) is 0. The largest absolute Gasteiger partial charge is 0.122 e. The molecule has 0 aromatic heterocycles. The molecule has 2 spiro atoms. The number of rotatable bonds is 0. The molecule has 0 nitrogen and oxygen atoms in total. The van der Waals surface area contributed by atoms with Gasteiger partial charge in [0.1, 0.15) is 0 Å². The Balaban J connectivity index is 1.72. The van der Waals surface area contributed by atoms with Crippen molar-refractivity contribution in [1.29, 1.82) is 0 Å². The second-order valence-corrected chi connectivity index (χ2v) is 6.82. The first kappa shape index (κ1) is 10.4. The molecule has 86 valence electrons. The maximum Gasteiger partial charge on any atom is 0.0449 e. The average Bonchev–Trinajstić information content (AvgIpc) is 2.31. The quantitative estimate of drug-likeness (QED) is 0.516. The molecule has 3 saturated carbocycles. The molecule has 0 heterocycles. The van der Waals surface area contributed by atoms with Crippen LogP contribution >= 0.6 is 11.6 Å². The van der Waals surface area contributed by atoms with E-state index < -0.39 is 0 Å². The molecular weight excluding hydrogens is 204 g/mol. The zero-order valence-corrected chi connectivity index (χ0v) is 10.5. The van der Waals surface area contributed by atoms with Crippen LogP contribution in [-0.4, -0.2) is 5.38 Å². The summed E-state index contributed by atoms with van der Waals surface area (Å²) in [6, 6.07) is 0. The molecule has 1 heteroatoms. The summed E-state index contributed by atoms with van der Waals surface area (Å²) in [5, 5.41) is 0.533. The van der Waals surface area contributed by atoms with E-state index in [4.69, 9.17) is 11.6 Å². The van der Waals surface area contributed by atoms with E-state index in [9.17, 15) is 0 Å². The smallest absolute Gasteiger partial charge is 0.0449 e. The van der Waals surface area contributed by atoms with Crippen LogP contribution in [0.1, 0.15) is 70.6 Å². The Morgan fingerprint density at radius 2 is 1.07 bits per heavy atom. The van der Waals surface area contributed by atoms with Crippen LogP contribution in [0.15, 0.2) is 0 Å². The molecule has 0 aromatic carbocycles. The lowest BCUT2D eigenvalue weighted by Crippen LogP contribution is -2.59. The highest BCUT2D eigenvalue weighted by molar-refractivity contribution is 6.22. The van der Waals surface area contributed by atoms with Crippen molar-refractivity contribution in [2.45, 2.75) is 76.0 Å². The van der Waals surface area contributed by atoms with E-state index in [2.05, 4.69) is 0 Å². The third kappa shape index (κ3) is 1.47. The molecule has 15 heavy (non-hydrogen) atoms. The molecule has 3 rings (SSSR count). The lowest BCUT2D eigenvalue weighted by atomic mass is 9.45. The minimum atomic E-state index is 0.533. The summed E-state index contributed by atoms with van der Waals surface area (Å²) in [7, 11) is 0. The van der Waals surface area contributed by atoms with Gasteiger partial charge in [-0.15, -0.1) is 11.6 Å². The number of hydrogen-bond donors (Lipinski definition) is 0. The average molecular weight is 227 g/mol. The van der Waals surface area contributed by atoms with Gasteiger partial charge < -0.3 is 0 Å². The summed E-state index contributed by atoms with van der Waals surface area (Å²) < 4.78 is 0. The standard InChI is InChI=1S/C14H23Cl/c15-12-13(7-3-1-4-8-13)11-14(12)9-5-2-6-10-14/h12H,1-11H2. The van der Waals surface area contributed by atoms with Crippen molar-refractivity contribution < 1.29 is 0 Å². The molecule has 0 saturated heterocycles. The molecule has 0 radical (unpaired) electrons. The zero-order valence-electron chi connectivity index (χ0n) is 9.73. The Hall–Kier alpha value is 0.290. The van der Waals surface area contributed by atoms with Crippen molar-refractivity contribution in [3.05, 3.63) is 0 Å². The predicted molar refractivity (Wildman–Crippen MR) is 65.3 cm³/mol. The van der Waals surface area contributed by atoms with E-state index in [1.807, 2.05) is 0 Å². The van der Waals surface area contributed by atoms with Crippen LogP contribution in [0.3, 0.4) is 0 Å². The Morgan fingerprint density at radius 3 is 1.40 bits per heavy atom. The number of alkyl halides is 1. The van der Waals surface area contributed by atoms with Gasteiger partial charge in [0.2, 0.25) is 0 Å². The Morgan fingerprint density at radius 1 is 0.667 bits per heavy atom. The topological polar surface area (TPSA) is 0 Å². The van der Waals surface area contributed by atoms with Crippen LogP contribution < -0.4 is 0 Å². The van der Waals surface area contributed by atoms with Crippen LogP contribution in [-0.2, 0) is 0 Å². The summed E-state index contributed by atoms with van der Waals surface area (Å²) in [5.41, 5.74) is 1.19. The van der Waals surface area contributed by atoms with Gasteiger partial charge in [-0.2, -0.15) is 0 Å². The van der Waals surface area contributed by atoms with Gasteiger partial charge in [-0.05, 0) is 42.9 Å². The Labute approximate surface area is 98.8 Å². The van der Waals surface area contributed by atoms with Crippen molar-refractivity contribution in [3.63, 3.8) is 0 Å². The normalized spacial score (nSPS) is 34.2. The van der Waals surface area contributed by atoms with Crippen molar-refractivity contribution in [2.75, 3.05) is 0 Å². The zero-order chi connectivity index (χ0) is 10.4. The van der Waals surface area contributed by atoms with Gasteiger partial charge in [-0.1, -0.05) is 38.5 Å². The lowest BCUT2D eigenvalue weighted by molar-refractivity contribution is -0.0798. The highest BCUT2D eigenvalue weighted by Crippen LogP contribution is 2.68. The van der Waals surface area contributed by atoms with Gasteiger partial charge in [0.15, 0.2) is 0 Å². The molecule has 0 N–H and O–H groups in total. The van der Waals surface area contributed by atoms with Crippen molar-refractivity contribution in [2.24, 2.45) is 10.8 Å². The fourth-order valence-electron chi connectivity index (χ4n) is 4.77. The van der Waals surface area contributed by atoms with Crippen molar-refractivity contribution >= 4 is 11.6 Å². The lowest BCUT2D eigenvalue weighted by Gasteiger charge is -2.64. The van der Waals surface area contributed by atoms with Crippen LogP contribution in [0, 0.1) is 10.8 Å². The second-order valence-electron chi connectivity index (χ2n) is 6.39. The molecule has 0 unspecified atom stereocenters. The van der Waals surface area contributed by atoms with Gasteiger partial charge in [0.05, 0.1) is 0 Å². The Bertz CT molecular complexity index is 210. The minimum Gasteiger partial charge on any atom is -0.122 e. The first-order chi connectivity index (χ1) is 7.28. The highest BCUT2D eigenvalue weighted by Gasteiger charge is 2.61. The van der Waals surface area contributed by atoms with Gasteiger partial charge in [-0.3, -0.25) is 0 Å². The molecule has 0 aromatic rings. The molecular formula is C14H23Cl. The fraction of sp³-hybridized carbons (Fsp3) is 1.00. The van der Waals surface area contributed by atoms with Gasteiger partial charge in [0, 0.05) is 5.38 Å². The molecule has 0 atom stereocenters. The predicted octanol–water partition coefficient (Wildman–Crippen LogP) is 4.90. The van der Waals surface area contributed by atoms with Gasteiger partial charge in [0.25, 0.3) is 0 Å². The first-order valence-electron chi connectivity index (χ1n) is 6.92. The summed E-state index contributed by atoms with van der Waals surface area (Å²) in [6.07, 6.45) is 15.9. The van der Waals surface area contributed by atoms with Crippen molar-refractivity contribution in [3.8, 4) is 0 Å².